The maximum Gasteiger partial charge on any atom is 0.135 e. The number of hydrogen-bond acceptors (Lipinski definition) is 2. The van der Waals surface area contributed by atoms with Crippen LogP contribution in [0, 0.1) is 0 Å². The zero-order valence-electron chi connectivity index (χ0n) is 16.4. The van der Waals surface area contributed by atoms with Gasteiger partial charge in [-0.05, 0) is 53.9 Å². The first kappa shape index (κ1) is 18.6. The topological polar surface area (TPSA) is 39.2 Å². The van der Waals surface area contributed by atoms with Crippen LogP contribution in [-0.4, -0.2) is 0 Å². The average molecular weight is 377 g/mol. The van der Waals surface area contributed by atoms with Crippen LogP contribution in [0.15, 0.2) is 108 Å². The SMILES string of the molecule is C=C\C=C/C=C(C)/C=C\c1cc(-c2ccc3oc4ccccc4c3c2)ccc1N. The van der Waals surface area contributed by atoms with Crippen LogP contribution >= 0.6 is 0 Å². The van der Waals surface area contributed by atoms with Gasteiger partial charge in [-0.1, -0.05) is 78.9 Å². The Morgan fingerprint density at radius 2 is 1.66 bits per heavy atom. The van der Waals surface area contributed by atoms with E-state index in [1.165, 1.54) is 0 Å². The number of nitrogens with two attached hydrogens (primary N) is 1. The third-order valence-electron chi connectivity index (χ3n) is 4.93. The van der Waals surface area contributed by atoms with E-state index in [0.29, 0.717) is 0 Å². The maximum atomic E-state index is 6.21. The Morgan fingerprint density at radius 3 is 2.52 bits per heavy atom. The summed E-state index contributed by atoms with van der Waals surface area (Å²) in [6.45, 7) is 5.73. The molecule has 0 fully saturated rings. The Kier molecular flexibility index (Phi) is 5.17. The van der Waals surface area contributed by atoms with Gasteiger partial charge in [-0.2, -0.15) is 0 Å². The molecule has 0 amide bonds. The highest BCUT2D eigenvalue weighted by atomic mass is 16.3. The fourth-order valence-electron chi connectivity index (χ4n) is 3.37. The van der Waals surface area contributed by atoms with Gasteiger partial charge in [0.1, 0.15) is 11.2 Å². The lowest BCUT2D eigenvalue weighted by molar-refractivity contribution is 0.669. The molecule has 1 heterocycles. The van der Waals surface area contributed by atoms with Gasteiger partial charge in [-0.15, -0.1) is 0 Å². The largest absolute Gasteiger partial charge is 0.456 e. The van der Waals surface area contributed by atoms with Crippen molar-refractivity contribution in [2.45, 2.75) is 6.92 Å². The Labute approximate surface area is 171 Å². The molecule has 2 nitrogen and oxygen atoms in total. The molecule has 142 valence electrons. The number of allylic oxidation sites excluding steroid dienone is 6. The molecule has 0 aliphatic rings. The van der Waals surface area contributed by atoms with E-state index < -0.39 is 0 Å². The molecule has 0 saturated heterocycles. The molecule has 2 heteroatoms. The van der Waals surface area contributed by atoms with Crippen molar-refractivity contribution < 1.29 is 4.42 Å². The second kappa shape index (κ2) is 8.07. The van der Waals surface area contributed by atoms with Crippen molar-refractivity contribution >= 4 is 33.7 Å². The molecule has 0 atom stereocenters. The highest BCUT2D eigenvalue weighted by Gasteiger charge is 2.08. The normalized spacial score (nSPS) is 12.5. The van der Waals surface area contributed by atoms with Gasteiger partial charge < -0.3 is 10.2 Å². The van der Waals surface area contributed by atoms with Crippen molar-refractivity contribution in [3.63, 3.8) is 0 Å². The van der Waals surface area contributed by atoms with Gasteiger partial charge in [0.25, 0.3) is 0 Å². The van der Waals surface area contributed by atoms with E-state index in [1.807, 2.05) is 48.6 Å². The van der Waals surface area contributed by atoms with Crippen LogP contribution in [0.1, 0.15) is 12.5 Å². The fraction of sp³-hybridized carbons (Fsp3) is 0.0370. The second-order valence-electron chi connectivity index (χ2n) is 7.02. The number of nitrogen functional groups attached to an aromatic ring is 1. The number of furan rings is 1. The van der Waals surface area contributed by atoms with Gasteiger partial charge in [0.2, 0.25) is 0 Å². The van der Waals surface area contributed by atoms with Gasteiger partial charge in [0.05, 0.1) is 0 Å². The van der Waals surface area contributed by atoms with Gasteiger partial charge in [-0.3, -0.25) is 0 Å². The van der Waals surface area contributed by atoms with E-state index >= 15 is 0 Å². The van der Waals surface area contributed by atoms with Crippen molar-refractivity contribution in [3.8, 4) is 11.1 Å². The fourth-order valence-corrected chi connectivity index (χ4v) is 3.37. The van der Waals surface area contributed by atoms with E-state index in [2.05, 4.69) is 56.0 Å². The number of benzene rings is 3. The molecule has 0 aliphatic heterocycles. The first-order valence-electron chi connectivity index (χ1n) is 9.61. The molecular weight excluding hydrogens is 354 g/mol. The lowest BCUT2D eigenvalue weighted by Gasteiger charge is -2.07. The van der Waals surface area contributed by atoms with Crippen molar-refractivity contribution in [2.24, 2.45) is 0 Å². The van der Waals surface area contributed by atoms with Crippen LogP contribution in [0.2, 0.25) is 0 Å². The highest BCUT2D eigenvalue weighted by Crippen LogP contribution is 2.33. The number of rotatable bonds is 5. The minimum Gasteiger partial charge on any atom is -0.456 e. The minimum atomic E-state index is 0.759. The molecule has 0 spiro atoms. The standard InChI is InChI=1S/C27H23NO/c1-3-4-5-8-19(2)11-12-22-17-20(13-15-25(22)28)21-14-16-27-24(18-21)23-9-6-7-10-26(23)29-27/h3-18H,1,28H2,2H3/b5-4-,12-11-,19-8+. The second-order valence-corrected chi connectivity index (χ2v) is 7.02. The average Bonchev–Trinajstić information content (AvgIpc) is 3.11. The Morgan fingerprint density at radius 1 is 0.897 bits per heavy atom. The predicted molar refractivity (Wildman–Crippen MR) is 126 cm³/mol. The summed E-state index contributed by atoms with van der Waals surface area (Å²) < 4.78 is 5.94. The summed E-state index contributed by atoms with van der Waals surface area (Å²) in [6.07, 6.45) is 11.8. The summed E-state index contributed by atoms with van der Waals surface area (Å²) in [5.41, 5.74) is 13.2. The molecule has 3 aromatic carbocycles. The van der Waals surface area contributed by atoms with Crippen molar-refractivity contribution in [2.75, 3.05) is 5.73 Å². The molecule has 0 saturated carbocycles. The molecule has 0 unspecified atom stereocenters. The lowest BCUT2D eigenvalue weighted by atomic mass is 9.99. The maximum absolute atomic E-state index is 6.21. The molecule has 2 N–H and O–H groups in total. The van der Waals surface area contributed by atoms with E-state index in [1.54, 1.807) is 6.08 Å². The number of fused-ring (bicyclic) bond motifs is 3. The van der Waals surface area contributed by atoms with Crippen LogP contribution < -0.4 is 5.73 Å². The summed E-state index contributed by atoms with van der Waals surface area (Å²) in [5.74, 6) is 0. The van der Waals surface area contributed by atoms with Crippen LogP contribution in [0.4, 0.5) is 5.69 Å². The van der Waals surface area contributed by atoms with Gasteiger partial charge in [0.15, 0.2) is 0 Å². The summed E-state index contributed by atoms with van der Waals surface area (Å²) in [5, 5.41) is 2.26. The first-order chi connectivity index (χ1) is 14.2. The summed E-state index contributed by atoms with van der Waals surface area (Å²) in [6, 6.07) is 20.6. The van der Waals surface area contributed by atoms with Crippen LogP contribution in [0.5, 0.6) is 0 Å². The molecule has 4 rings (SSSR count). The smallest absolute Gasteiger partial charge is 0.135 e. The Balaban J connectivity index is 1.71. The quantitative estimate of drug-likeness (QED) is 0.288. The number of anilines is 1. The number of para-hydroxylation sites is 1. The predicted octanol–water partition coefficient (Wildman–Crippen LogP) is 7.54. The zero-order valence-corrected chi connectivity index (χ0v) is 16.4. The summed E-state index contributed by atoms with van der Waals surface area (Å²) in [7, 11) is 0. The van der Waals surface area contributed by atoms with Gasteiger partial charge in [0, 0.05) is 16.5 Å². The van der Waals surface area contributed by atoms with E-state index in [4.69, 9.17) is 10.2 Å². The zero-order chi connectivity index (χ0) is 20.2. The molecule has 4 aromatic rings. The minimum absolute atomic E-state index is 0.759. The molecular formula is C27H23NO. The van der Waals surface area contributed by atoms with Crippen molar-refractivity contribution in [1.82, 2.24) is 0 Å². The monoisotopic (exact) mass is 377 g/mol. The third kappa shape index (κ3) is 3.92. The van der Waals surface area contributed by atoms with Gasteiger partial charge >= 0.3 is 0 Å². The summed E-state index contributed by atoms with van der Waals surface area (Å²) in [4.78, 5) is 0. The summed E-state index contributed by atoms with van der Waals surface area (Å²) >= 11 is 0. The first-order valence-corrected chi connectivity index (χ1v) is 9.61. The van der Waals surface area contributed by atoms with E-state index in [0.717, 1.165) is 49.9 Å². The van der Waals surface area contributed by atoms with Crippen molar-refractivity contribution in [3.05, 3.63) is 109 Å². The Hall–Kier alpha value is -3.78. The third-order valence-corrected chi connectivity index (χ3v) is 4.93. The van der Waals surface area contributed by atoms with E-state index in [-0.39, 0.29) is 0 Å². The molecule has 29 heavy (non-hydrogen) atoms. The van der Waals surface area contributed by atoms with Crippen LogP contribution in [-0.2, 0) is 0 Å². The van der Waals surface area contributed by atoms with E-state index in [9.17, 15) is 0 Å². The molecule has 0 aliphatic carbocycles. The molecule has 0 radical (unpaired) electrons. The Bertz CT molecular complexity index is 1280. The number of hydrogen-bond donors (Lipinski definition) is 1. The van der Waals surface area contributed by atoms with Crippen molar-refractivity contribution in [1.29, 1.82) is 0 Å². The molecule has 1 aromatic heterocycles. The van der Waals surface area contributed by atoms with Crippen LogP contribution in [0.25, 0.3) is 39.1 Å². The van der Waals surface area contributed by atoms with Gasteiger partial charge in [-0.25, -0.2) is 0 Å². The highest BCUT2D eigenvalue weighted by molar-refractivity contribution is 6.06. The lowest BCUT2D eigenvalue weighted by Crippen LogP contribution is -1.90. The molecule has 0 bridgehead atoms. The van der Waals surface area contributed by atoms with Crippen LogP contribution in [0.3, 0.4) is 0 Å².